The molecule has 0 saturated heterocycles. The highest BCUT2D eigenvalue weighted by molar-refractivity contribution is 9.10. The average Bonchev–Trinajstić information content (AvgIpc) is 2.98. The fraction of sp³-hybridized carbons (Fsp3) is 0.278. The number of allylic oxidation sites excluding steroid dienone is 1. The standard InChI is InChI=1S/C18H20BrN5O2/c1-5-7-11-15(6-2)24(3)22-16(11)14-10-26-23-17(20-14)13-9-8-12(19)18(21-13)25-4/h5-9,14H,1,10H2,2-4H3,(H,20,23)/b11-7+,15-6+. The van der Waals surface area contributed by atoms with Crippen molar-refractivity contribution in [3.63, 3.8) is 0 Å². The Hall–Kier alpha value is -2.45. The van der Waals surface area contributed by atoms with E-state index in [-0.39, 0.29) is 6.04 Å². The zero-order chi connectivity index (χ0) is 18.7. The Morgan fingerprint density at radius 2 is 2.27 bits per heavy atom. The molecule has 1 aliphatic rings. The number of nitrogens with zero attached hydrogens (tertiary/aromatic N) is 4. The number of aryl methyl sites for hydroxylation is 1. The molecule has 0 bridgehead atoms. The monoisotopic (exact) mass is 417 g/mol. The molecule has 1 atom stereocenters. The first-order valence-corrected chi connectivity index (χ1v) is 8.86. The van der Waals surface area contributed by atoms with Crippen LogP contribution in [0.2, 0.25) is 0 Å². The lowest BCUT2D eigenvalue weighted by molar-refractivity contribution is 0.0610. The van der Waals surface area contributed by atoms with Crippen molar-refractivity contribution < 1.29 is 9.57 Å². The lowest BCUT2D eigenvalue weighted by atomic mass is 10.1. The minimum Gasteiger partial charge on any atom is -0.480 e. The number of nitrogens with one attached hydrogen (secondary N) is 1. The van der Waals surface area contributed by atoms with Gasteiger partial charge < -0.3 is 4.74 Å². The largest absolute Gasteiger partial charge is 0.480 e. The van der Waals surface area contributed by atoms with Crippen LogP contribution in [-0.2, 0) is 11.9 Å². The molecule has 0 aliphatic carbocycles. The van der Waals surface area contributed by atoms with Crippen LogP contribution in [-0.4, -0.2) is 34.3 Å². The van der Waals surface area contributed by atoms with E-state index in [1.165, 1.54) is 0 Å². The van der Waals surface area contributed by atoms with Crippen LogP contribution in [0.3, 0.4) is 0 Å². The average molecular weight is 418 g/mol. The molecule has 3 heterocycles. The summed E-state index contributed by atoms with van der Waals surface area (Å²) in [6, 6.07) is 3.44. The second-order valence-corrected chi connectivity index (χ2v) is 6.45. The maximum atomic E-state index is 5.55. The number of amidine groups is 1. The highest BCUT2D eigenvalue weighted by atomic mass is 79.9. The molecular weight excluding hydrogens is 398 g/mol. The number of aliphatic imine (C=N–C) groups is 1. The quantitative estimate of drug-likeness (QED) is 0.812. The molecule has 0 fully saturated rings. The topological polar surface area (TPSA) is 73.6 Å². The Morgan fingerprint density at radius 3 is 2.96 bits per heavy atom. The van der Waals surface area contributed by atoms with E-state index in [4.69, 9.17) is 14.6 Å². The van der Waals surface area contributed by atoms with Crippen LogP contribution in [0.15, 0.2) is 34.3 Å². The minimum atomic E-state index is -0.256. The van der Waals surface area contributed by atoms with Gasteiger partial charge in [-0.1, -0.05) is 24.8 Å². The predicted octanol–water partition coefficient (Wildman–Crippen LogP) is 1.38. The van der Waals surface area contributed by atoms with Crippen molar-refractivity contribution >= 4 is 33.9 Å². The summed E-state index contributed by atoms with van der Waals surface area (Å²) in [5.41, 5.74) is 4.30. The summed E-state index contributed by atoms with van der Waals surface area (Å²) >= 11 is 3.40. The first-order valence-electron chi connectivity index (χ1n) is 8.07. The number of hydrogen-bond acceptors (Lipinski definition) is 6. The zero-order valence-electron chi connectivity index (χ0n) is 14.9. The van der Waals surface area contributed by atoms with Crippen LogP contribution >= 0.6 is 15.9 Å². The summed E-state index contributed by atoms with van der Waals surface area (Å²) in [4.78, 5) is 14.8. The molecule has 7 nitrogen and oxygen atoms in total. The van der Waals surface area contributed by atoms with E-state index in [1.807, 2.05) is 42.9 Å². The lowest BCUT2D eigenvalue weighted by Gasteiger charge is -2.20. The Morgan fingerprint density at radius 1 is 1.46 bits per heavy atom. The molecule has 3 rings (SSSR count). The highest BCUT2D eigenvalue weighted by Crippen LogP contribution is 2.23. The van der Waals surface area contributed by atoms with Crippen LogP contribution in [0.1, 0.15) is 24.4 Å². The van der Waals surface area contributed by atoms with Gasteiger partial charge in [-0.15, -0.1) is 0 Å². The van der Waals surface area contributed by atoms with Gasteiger partial charge >= 0.3 is 0 Å². The summed E-state index contributed by atoms with van der Waals surface area (Å²) in [5, 5.41) is 6.64. The normalized spacial score (nSPS) is 18.5. The van der Waals surface area contributed by atoms with E-state index in [1.54, 1.807) is 13.2 Å². The number of hydroxylamine groups is 1. The number of halogens is 1. The van der Waals surface area contributed by atoms with Crippen LogP contribution in [0.4, 0.5) is 0 Å². The van der Waals surface area contributed by atoms with Gasteiger partial charge in [0.25, 0.3) is 0 Å². The molecule has 0 radical (unpaired) electrons. The maximum absolute atomic E-state index is 5.55. The number of rotatable bonds is 4. The molecule has 2 aromatic rings. The molecule has 8 heteroatoms. The third-order valence-electron chi connectivity index (χ3n) is 3.98. The Bertz CT molecular complexity index is 980. The van der Waals surface area contributed by atoms with Crippen LogP contribution in [0.25, 0.3) is 12.2 Å². The fourth-order valence-corrected chi connectivity index (χ4v) is 3.20. The number of methoxy groups -OCH3 is 1. The minimum absolute atomic E-state index is 0.256. The number of hydrogen-bond donors (Lipinski definition) is 1. The van der Waals surface area contributed by atoms with E-state index in [2.05, 4.69) is 38.1 Å². The van der Waals surface area contributed by atoms with Gasteiger partial charge in [0.2, 0.25) is 5.88 Å². The molecule has 0 amide bonds. The molecule has 1 unspecified atom stereocenters. The van der Waals surface area contributed by atoms with Crippen molar-refractivity contribution in [2.75, 3.05) is 13.7 Å². The number of pyridine rings is 1. The maximum Gasteiger partial charge on any atom is 0.228 e. The predicted molar refractivity (Wildman–Crippen MR) is 104 cm³/mol. The second kappa shape index (κ2) is 7.84. The molecule has 0 saturated carbocycles. The molecule has 0 spiro atoms. The van der Waals surface area contributed by atoms with E-state index < -0.39 is 0 Å². The van der Waals surface area contributed by atoms with Crippen LogP contribution < -0.4 is 20.8 Å². The first kappa shape index (κ1) is 18.3. The first-order chi connectivity index (χ1) is 12.6. The van der Waals surface area contributed by atoms with Gasteiger partial charge in [0.1, 0.15) is 18.3 Å². The molecule has 1 aliphatic heterocycles. The molecule has 26 heavy (non-hydrogen) atoms. The SMILES string of the molecule is C=C/C=c1/c(C2CONC(c3ccc(Br)c(OC)n3)=N2)nn(C)/c1=C/C. The molecule has 136 valence electrons. The van der Waals surface area contributed by atoms with Gasteiger partial charge in [-0.3, -0.25) is 14.5 Å². The van der Waals surface area contributed by atoms with Crippen molar-refractivity contribution in [1.82, 2.24) is 20.2 Å². The number of aromatic nitrogens is 3. The Kier molecular flexibility index (Phi) is 5.53. The van der Waals surface area contributed by atoms with Crippen molar-refractivity contribution in [2.24, 2.45) is 12.0 Å². The third-order valence-corrected chi connectivity index (χ3v) is 4.58. The fourth-order valence-electron chi connectivity index (χ4n) is 2.82. The number of ether oxygens (including phenoxy) is 1. The van der Waals surface area contributed by atoms with Gasteiger partial charge in [-0.25, -0.2) is 10.5 Å². The van der Waals surface area contributed by atoms with Gasteiger partial charge in [-0.2, -0.15) is 5.10 Å². The van der Waals surface area contributed by atoms with E-state index >= 15 is 0 Å². The van der Waals surface area contributed by atoms with E-state index in [0.29, 0.717) is 24.0 Å². The Balaban J connectivity index is 2.08. The Labute approximate surface area is 159 Å². The summed E-state index contributed by atoms with van der Waals surface area (Å²) in [6.45, 7) is 6.15. The van der Waals surface area contributed by atoms with Crippen LogP contribution in [0.5, 0.6) is 5.88 Å². The van der Waals surface area contributed by atoms with E-state index in [9.17, 15) is 0 Å². The smallest absolute Gasteiger partial charge is 0.228 e. The zero-order valence-corrected chi connectivity index (χ0v) is 16.4. The lowest BCUT2D eigenvalue weighted by Crippen LogP contribution is -2.36. The summed E-state index contributed by atoms with van der Waals surface area (Å²) in [7, 11) is 3.48. The van der Waals surface area contributed by atoms with Gasteiger partial charge in [0, 0.05) is 12.3 Å². The molecule has 0 aromatic carbocycles. The molecule has 1 N–H and O–H groups in total. The van der Waals surface area contributed by atoms with Gasteiger partial charge in [-0.05, 0) is 35.0 Å². The molecule has 2 aromatic heterocycles. The third kappa shape index (κ3) is 3.42. The van der Waals surface area contributed by atoms with Crippen molar-refractivity contribution in [2.45, 2.75) is 13.0 Å². The van der Waals surface area contributed by atoms with Gasteiger partial charge in [0.15, 0.2) is 5.84 Å². The summed E-state index contributed by atoms with van der Waals surface area (Å²) < 4.78 is 7.86. The highest BCUT2D eigenvalue weighted by Gasteiger charge is 2.23. The van der Waals surface area contributed by atoms with Crippen molar-refractivity contribution in [1.29, 1.82) is 0 Å². The summed E-state index contributed by atoms with van der Waals surface area (Å²) in [6.07, 6.45) is 5.70. The van der Waals surface area contributed by atoms with Crippen molar-refractivity contribution in [3.8, 4) is 5.88 Å². The summed E-state index contributed by atoms with van der Waals surface area (Å²) in [5.74, 6) is 1.01. The van der Waals surface area contributed by atoms with Gasteiger partial charge in [0.05, 0.1) is 22.6 Å². The van der Waals surface area contributed by atoms with Crippen LogP contribution in [0, 0.1) is 0 Å². The second-order valence-electron chi connectivity index (χ2n) is 5.59. The van der Waals surface area contributed by atoms with Crippen molar-refractivity contribution in [3.05, 3.63) is 51.2 Å². The van der Waals surface area contributed by atoms with E-state index in [0.717, 1.165) is 20.7 Å². The molecular formula is C18H20BrN5O2.